The lowest BCUT2D eigenvalue weighted by Crippen LogP contribution is -2.35. The third kappa shape index (κ3) is 4.98. The molecule has 3 N–H and O–H groups in total. The van der Waals surface area contributed by atoms with Gasteiger partial charge in [0.15, 0.2) is 0 Å². The van der Waals surface area contributed by atoms with Crippen molar-refractivity contribution in [3.05, 3.63) is 59.5 Å². The molecule has 4 nitrogen and oxygen atoms in total. The van der Waals surface area contributed by atoms with E-state index in [0.29, 0.717) is 19.0 Å². The SMILES string of the molecule is CC(C)c1ccc(CN(Cc2ccco2)CC(O)CN)cc1. The van der Waals surface area contributed by atoms with E-state index in [1.807, 2.05) is 12.1 Å². The summed E-state index contributed by atoms with van der Waals surface area (Å²) in [5, 5.41) is 9.85. The smallest absolute Gasteiger partial charge is 0.117 e. The van der Waals surface area contributed by atoms with E-state index < -0.39 is 6.10 Å². The number of rotatable bonds is 8. The van der Waals surface area contributed by atoms with E-state index in [9.17, 15) is 5.11 Å². The van der Waals surface area contributed by atoms with Crippen LogP contribution in [0.4, 0.5) is 0 Å². The van der Waals surface area contributed by atoms with Crippen LogP contribution < -0.4 is 5.73 Å². The summed E-state index contributed by atoms with van der Waals surface area (Å²) in [5.41, 5.74) is 8.10. The van der Waals surface area contributed by atoms with E-state index >= 15 is 0 Å². The van der Waals surface area contributed by atoms with E-state index in [0.717, 1.165) is 12.3 Å². The largest absolute Gasteiger partial charge is 0.468 e. The topological polar surface area (TPSA) is 62.6 Å². The zero-order valence-electron chi connectivity index (χ0n) is 13.4. The molecular weight excluding hydrogens is 276 g/mol. The van der Waals surface area contributed by atoms with Gasteiger partial charge in [0.2, 0.25) is 0 Å². The molecule has 0 fully saturated rings. The molecule has 4 heteroatoms. The fourth-order valence-corrected chi connectivity index (χ4v) is 2.45. The quantitative estimate of drug-likeness (QED) is 0.787. The Morgan fingerprint density at radius 1 is 1.14 bits per heavy atom. The molecular formula is C18H26N2O2. The first-order valence-corrected chi connectivity index (χ1v) is 7.80. The molecule has 0 aliphatic carbocycles. The highest BCUT2D eigenvalue weighted by atomic mass is 16.3. The van der Waals surface area contributed by atoms with Crippen LogP contribution in [0, 0.1) is 0 Å². The molecule has 1 unspecified atom stereocenters. The standard InChI is InChI=1S/C18H26N2O2/c1-14(2)16-7-5-15(6-8-16)11-20(12-17(21)10-19)13-18-4-3-9-22-18/h3-9,14,17,21H,10-13,19H2,1-2H3. The molecule has 0 bridgehead atoms. The molecule has 0 aliphatic rings. The van der Waals surface area contributed by atoms with E-state index in [-0.39, 0.29) is 6.54 Å². The first-order chi connectivity index (χ1) is 10.6. The van der Waals surface area contributed by atoms with Crippen molar-refractivity contribution in [2.75, 3.05) is 13.1 Å². The number of benzene rings is 1. The van der Waals surface area contributed by atoms with Gasteiger partial charge in [0.05, 0.1) is 18.9 Å². The fraction of sp³-hybridized carbons (Fsp3) is 0.444. The molecule has 1 atom stereocenters. The molecule has 22 heavy (non-hydrogen) atoms. The normalized spacial score (nSPS) is 13.0. The van der Waals surface area contributed by atoms with Crippen LogP contribution in [-0.2, 0) is 13.1 Å². The Hall–Kier alpha value is -1.62. The molecule has 0 saturated carbocycles. The average molecular weight is 302 g/mol. The van der Waals surface area contributed by atoms with Gasteiger partial charge in [-0.1, -0.05) is 38.1 Å². The monoisotopic (exact) mass is 302 g/mol. The van der Waals surface area contributed by atoms with Crippen molar-refractivity contribution in [1.82, 2.24) is 4.90 Å². The van der Waals surface area contributed by atoms with E-state index in [4.69, 9.17) is 10.2 Å². The highest BCUT2D eigenvalue weighted by Crippen LogP contribution is 2.17. The molecule has 2 rings (SSSR count). The third-order valence-corrected chi connectivity index (χ3v) is 3.75. The lowest BCUT2D eigenvalue weighted by atomic mass is 10.0. The Kier molecular flexibility index (Phi) is 6.19. The number of hydrogen-bond donors (Lipinski definition) is 2. The summed E-state index contributed by atoms with van der Waals surface area (Å²) < 4.78 is 5.41. The molecule has 1 aromatic heterocycles. The van der Waals surface area contributed by atoms with Gasteiger partial charge in [0, 0.05) is 19.6 Å². The van der Waals surface area contributed by atoms with Crippen LogP contribution in [0.1, 0.15) is 36.7 Å². The number of furan rings is 1. The van der Waals surface area contributed by atoms with Gasteiger partial charge in [-0.25, -0.2) is 0 Å². The van der Waals surface area contributed by atoms with Crippen LogP contribution >= 0.6 is 0 Å². The number of aliphatic hydroxyl groups is 1. The number of hydrogen-bond acceptors (Lipinski definition) is 4. The van der Waals surface area contributed by atoms with Gasteiger partial charge >= 0.3 is 0 Å². The molecule has 0 amide bonds. The lowest BCUT2D eigenvalue weighted by Gasteiger charge is -2.24. The minimum Gasteiger partial charge on any atom is -0.468 e. The molecule has 2 aromatic rings. The summed E-state index contributed by atoms with van der Waals surface area (Å²) in [4.78, 5) is 2.15. The van der Waals surface area contributed by atoms with Crippen molar-refractivity contribution in [3.63, 3.8) is 0 Å². The highest BCUT2D eigenvalue weighted by Gasteiger charge is 2.13. The Balaban J connectivity index is 2.04. The van der Waals surface area contributed by atoms with Gasteiger partial charge in [-0.3, -0.25) is 4.90 Å². The highest BCUT2D eigenvalue weighted by molar-refractivity contribution is 5.24. The molecule has 0 spiro atoms. The third-order valence-electron chi connectivity index (χ3n) is 3.75. The van der Waals surface area contributed by atoms with Gasteiger partial charge in [-0.15, -0.1) is 0 Å². The van der Waals surface area contributed by atoms with Gasteiger partial charge in [0.1, 0.15) is 5.76 Å². The van der Waals surface area contributed by atoms with Crippen molar-refractivity contribution >= 4 is 0 Å². The van der Waals surface area contributed by atoms with Crippen molar-refractivity contribution in [1.29, 1.82) is 0 Å². The zero-order chi connectivity index (χ0) is 15.9. The van der Waals surface area contributed by atoms with Crippen LogP contribution in [0.3, 0.4) is 0 Å². The lowest BCUT2D eigenvalue weighted by molar-refractivity contribution is 0.106. The molecule has 0 radical (unpaired) electrons. The summed E-state index contributed by atoms with van der Waals surface area (Å²) in [7, 11) is 0. The first-order valence-electron chi connectivity index (χ1n) is 7.80. The summed E-state index contributed by atoms with van der Waals surface area (Å²) in [5.74, 6) is 1.43. The summed E-state index contributed by atoms with van der Waals surface area (Å²) in [6.45, 7) is 6.60. The maximum absolute atomic E-state index is 9.85. The van der Waals surface area contributed by atoms with Crippen molar-refractivity contribution in [3.8, 4) is 0 Å². The number of nitrogens with two attached hydrogens (primary N) is 1. The van der Waals surface area contributed by atoms with Crippen molar-refractivity contribution in [2.45, 2.75) is 39.0 Å². The van der Waals surface area contributed by atoms with Crippen molar-refractivity contribution in [2.24, 2.45) is 5.73 Å². The molecule has 1 heterocycles. The second-order valence-electron chi connectivity index (χ2n) is 6.03. The number of nitrogens with zero attached hydrogens (tertiary/aromatic N) is 1. The molecule has 120 valence electrons. The summed E-state index contributed by atoms with van der Waals surface area (Å²) in [6.07, 6.45) is 1.15. The predicted molar refractivity (Wildman–Crippen MR) is 88.4 cm³/mol. The molecule has 0 aliphatic heterocycles. The minimum atomic E-state index is -0.523. The van der Waals surface area contributed by atoms with E-state index in [2.05, 4.69) is 43.0 Å². The number of aliphatic hydroxyl groups excluding tert-OH is 1. The van der Waals surface area contributed by atoms with Crippen LogP contribution in [0.15, 0.2) is 47.1 Å². The summed E-state index contributed by atoms with van der Waals surface area (Å²) in [6, 6.07) is 12.5. The zero-order valence-corrected chi connectivity index (χ0v) is 13.4. The Bertz CT molecular complexity index is 535. The second-order valence-corrected chi connectivity index (χ2v) is 6.03. The molecule has 0 saturated heterocycles. The van der Waals surface area contributed by atoms with Crippen LogP contribution in [0.25, 0.3) is 0 Å². The second kappa shape index (κ2) is 8.13. The maximum Gasteiger partial charge on any atom is 0.117 e. The van der Waals surface area contributed by atoms with Crippen LogP contribution in [0.5, 0.6) is 0 Å². The first kappa shape index (κ1) is 16.7. The summed E-state index contributed by atoms with van der Waals surface area (Å²) >= 11 is 0. The van der Waals surface area contributed by atoms with Crippen molar-refractivity contribution < 1.29 is 9.52 Å². The van der Waals surface area contributed by atoms with Crippen LogP contribution in [0.2, 0.25) is 0 Å². The Morgan fingerprint density at radius 2 is 1.86 bits per heavy atom. The fourth-order valence-electron chi connectivity index (χ4n) is 2.45. The van der Waals surface area contributed by atoms with Gasteiger partial charge in [-0.2, -0.15) is 0 Å². The average Bonchev–Trinajstić information content (AvgIpc) is 3.00. The van der Waals surface area contributed by atoms with Gasteiger partial charge in [0.25, 0.3) is 0 Å². The minimum absolute atomic E-state index is 0.265. The van der Waals surface area contributed by atoms with E-state index in [1.54, 1.807) is 6.26 Å². The Morgan fingerprint density at radius 3 is 2.41 bits per heavy atom. The van der Waals surface area contributed by atoms with Gasteiger partial charge in [-0.05, 0) is 29.2 Å². The predicted octanol–water partition coefficient (Wildman–Crippen LogP) is 2.72. The van der Waals surface area contributed by atoms with Crippen LogP contribution in [-0.4, -0.2) is 29.2 Å². The van der Waals surface area contributed by atoms with Gasteiger partial charge < -0.3 is 15.3 Å². The Labute approximate surface area is 132 Å². The maximum atomic E-state index is 9.85. The van der Waals surface area contributed by atoms with E-state index in [1.165, 1.54) is 11.1 Å². The molecule has 1 aromatic carbocycles.